The lowest BCUT2D eigenvalue weighted by molar-refractivity contribution is -0.140. The van der Waals surface area contributed by atoms with Crippen LogP contribution in [0.5, 0.6) is 0 Å². The predicted octanol–water partition coefficient (Wildman–Crippen LogP) is 2.38. The van der Waals surface area contributed by atoms with Gasteiger partial charge in [-0.05, 0) is 31.8 Å². The summed E-state index contributed by atoms with van der Waals surface area (Å²) >= 11 is 0. The Hall–Kier alpha value is -1.42. The predicted molar refractivity (Wildman–Crippen MR) is 72.2 cm³/mol. The maximum atomic E-state index is 11.9. The Bertz CT molecular complexity index is 420. The monoisotopic (exact) mass is 266 g/mol. The Morgan fingerprint density at radius 3 is 2.79 bits per heavy atom. The Balaban J connectivity index is 2.82. The van der Waals surface area contributed by atoms with E-state index in [1.807, 2.05) is 13.8 Å². The van der Waals surface area contributed by atoms with Gasteiger partial charge in [-0.25, -0.2) is 4.79 Å². The Morgan fingerprint density at radius 1 is 1.63 bits per heavy atom. The molecule has 0 spiro atoms. The van der Waals surface area contributed by atoms with Crippen LogP contribution in [0.4, 0.5) is 0 Å². The van der Waals surface area contributed by atoms with Crippen molar-refractivity contribution >= 4 is 11.8 Å². The average Bonchev–Trinajstić information content (AvgIpc) is 2.40. The molecule has 0 aromatic carbocycles. The topological polar surface area (TPSA) is 63.6 Å². The van der Waals surface area contributed by atoms with Gasteiger partial charge in [-0.15, -0.1) is 0 Å². The van der Waals surface area contributed by atoms with Crippen LogP contribution in [0, 0.1) is 11.8 Å². The normalized spacial score (nSPS) is 25.8. The summed E-state index contributed by atoms with van der Waals surface area (Å²) in [4.78, 5) is 23.5. The molecule has 0 aliphatic heterocycles. The molecule has 0 amide bonds. The minimum absolute atomic E-state index is 0.0294. The molecule has 0 saturated carbocycles. The van der Waals surface area contributed by atoms with Crippen LogP contribution in [-0.2, 0) is 14.3 Å². The SMILES string of the molecule is C/C=C(/C)C(=O)OC1=C[C@H](O)[C@H]([C@@H](C)CC)CC1=O. The summed E-state index contributed by atoms with van der Waals surface area (Å²) in [6.07, 6.45) is 3.37. The molecular weight excluding hydrogens is 244 g/mol. The zero-order valence-corrected chi connectivity index (χ0v) is 12.0. The summed E-state index contributed by atoms with van der Waals surface area (Å²) in [6, 6.07) is 0. The van der Waals surface area contributed by atoms with Crippen molar-refractivity contribution in [3.05, 3.63) is 23.5 Å². The molecule has 106 valence electrons. The third kappa shape index (κ3) is 3.77. The highest BCUT2D eigenvalue weighted by Gasteiger charge is 2.33. The highest BCUT2D eigenvalue weighted by molar-refractivity contribution is 5.99. The van der Waals surface area contributed by atoms with E-state index < -0.39 is 12.1 Å². The van der Waals surface area contributed by atoms with Gasteiger partial charge in [0.25, 0.3) is 0 Å². The molecule has 0 aromatic rings. The second-order valence-corrected chi connectivity index (χ2v) is 5.06. The molecule has 3 atom stereocenters. The van der Waals surface area contributed by atoms with Gasteiger partial charge < -0.3 is 9.84 Å². The van der Waals surface area contributed by atoms with Gasteiger partial charge in [-0.1, -0.05) is 26.3 Å². The van der Waals surface area contributed by atoms with Crippen molar-refractivity contribution in [1.82, 2.24) is 0 Å². The highest BCUT2D eigenvalue weighted by atomic mass is 16.5. The van der Waals surface area contributed by atoms with Crippen molar-refractivity contribution in [2.24, 2.45) is 11.8 Å². The van der Waals surface area contributed by atoms with Crippen LogP contribution < -0.4 is 0 Å². The second-order valence-electron chi connectivity index (χ2n) is 5.06. The molecule has 0 saturated heterocycles. The van der Waals surface area contributed by atoms with Gasteiger partial charge >= 0.3 is 5.97 Å². The maximum absolute atomic E-state index is 11.9. The first-order valence-electron chi connectivity index (χ1n) is 6.68. The fourth-order valence-electron chi connectivity index (χ4n) is 2.04. The van der Waals surface area contributed by atoms with Crippen LogP contribution in [0.15, 0.2) is 23.5 Å². The largest absolute Gasteiger partial charge is 0.420 e. The second kappa shape index (κ2) is 6.66. The van der Waals surface area contributed by atoms with Gasteiger partial charge in [-0.3, -0.25) is 4.79 Å². The molecular formula is C15H22O4. The van der Waals surface area contributed by atoms with Gasteiger partial charge in [-0.2, -0.15) is 0 Å². The summed E-state index contributed by atoms with van der Waals surface area (Å²) in [5, 5.41) is 10.0. The number of rotatable bonds is 4. The zero-order chi connectivity index (χ0) is 14.6. The number of Topliss-reactive ketones (excluding diaryl/α,β-unsaturated/α-hetero) is 1. The van der Waals surface area contributed by atoms with Gasteiger partial charge in [0.15, 0.2) is 11.5 Å². The number of carbonyl (C=O) groups is 2. The van der Waals surface area contributed by atoms with E-state index in [0.29, 0.717) is 5.57 Å². The molecule has 4 heteroatoms. The maximum Gasteiger partial charge on any atom is 0.338 e. The molecule has 4 nitrogen and oxygen atoms in total. The smallest absolute Gasteiger partial charge is 0.338 e. The standard InChI is InChI=1S/C15H22O4/c1-5-9(3)11-7-13(17)14(8-12(11)16)19-15(18)10(4)6-2/h6,8-9,11-12,16H,5,7H2,1-4H3/b10-6-/t9-,11-,12-/m0/s1. The van der Waals surface area contributed by atoms with Gasteiger partial charge in [0.05, 0.1) is 6.10 Å². The summed E-state index contributed by atoms with van der Waals surface area (Å²) < 4.78 is 5.03. The number of esters is 1. The molecule has 1 aliphatic rings. The van der Waals surface area contributed by atoms with Crippen molar-refractivity contribution in [2.45, 2.75) is 46.6 Å². The van der Waals surface area contributed by atoms with Crippen LogP contribution in [0.2, 0.25) is 0 Å². The van der Waals surface area contributed by atoms with Crippen molar-refractivity contribution in [3.8, 4) is 0 Å². The number of hydrogen-bond acceptors (Lipinski definition) is 4. The van der Waals surface area contributed by atoms with E-state index in [2.05, 4.69) is 0 Å². The number of ketones is 1. The molecule has 1 rings (SSSR count). The molecule has 1 N–H and O–H groups in total. The van der Waals surface area contributed by atoms with Crippen LogP contribution in [-0.4, -0.2) is 23.0 Å². The zero-order valence-electron chi connectivity index (χ0n) is 12.0. The lowest BCUT2D eigenvalue weighted by Crippen LogP contribution is -2.33. The molecule has 0 aromatic heterocycles. The molecule has 1 aliphatic carbocycles. The molecule has 0 heterocycles. The Kier molecular flexibility index (Phi) is 5.48. The lowest BCUT2D eigenvalue weighted by Gasteiger charge is -2.29. The first-order chi connectivity index (χ1) is 8.90. The van der Waals surface area contributed by atoms with Crippen molar-refractivity contribution in [2.75, 3.05) is 0 Å². The van der Waals surface area contributed by atoms with Crippen LogP contribution in [0.3, 0.4) is 0 Å². The molecule has 0 radical (unpaired) electrons. The summed E-state index contributed by atoms with van der Waals surface area (Å²) in [6.45, 7) is 7.38. The van der Waals surface area contributed by atoms with Crippen molar-refractivity contribution < 1.29 is 19.4 Å². The molecule has 19 heavy (non-hydrogen) atoms. The van der Waals surface area contributed by atoms with Crippen LogP contribution in [0.25, 0.3) is 0 Å². The first-order valence-corrected chi connectivity index (χ1v) is 6.68. The Labute approximate surface area is 114 Å². The number of carbonyl (C=O) groups excluding carboxylic acids is 2. The number of hydrogen-bond donors (Lipinski definition) is 1. The van der Waals surface area contributed by atoms with E-state index in [-0.39, 0.29) is 29.8 Å². The minimum atomic E-state index is -0.735. The first kappa shape index (κ1) is 15.6. The highest BCUT2D eigenvalue weighted by Crippen LogP contribution is 2.30. The van der Waals surface area contributed by atoms with Crippen molar-refractivity contribution in [3.63, 3.8) is 0 Å². The summed E-state index contributed by atoms with van der Waals surface area (Å²) in [5.74, 6) is -0.630. The average molecular weight is 266 g/mol. The number of ether oxygens (including phenoxy) is 1. The number of allylic oxidation sites excluding steroid dienone is 2. The molecule has 0 unspecified atom stereocenters. The third-order valence-electron chi connectivity index (χ3n) is 3.79. The van der Waals surface area contributed by atoms with E-state index in [1.165, 1.54) is 6.08 Å². The fourth-order valence-corrected chi connectivity index (χ4v) is 2.04. The van der Waals surface area contributed by atoms with E-state index in [1.54, 1.807) is 19.9 Å². The van der Waals surface area contributed by atoms with Crippen LogP contribution in [0.1, 0.15) is 40.5 Å². The van der Waals surface area contributed by atoms with Crippen molar-refractivity contribution in [1.29, 1.82) is 0 Å². The Morgan fingerprint density at radius 2 is 2.26 bits per heavy atom. The van der Waals surface area contributed by atoms with Gasteiger partial charge in [0.2, 0.25) is 0 Å². The van der Waals surface area contributed by atoms with Gasteiger partial charge in [0.1, 0.15) is 0 Å². The fraction of sp³-hybridized carbons (Fsp3) is 0.600. The van der Waals surface area contributed by atoms with Crippen LogP contribution >= 0.6 is 0 Å². The summed E-state index contributed by atoms with van der Waals surface area (Å²) in [7, 11) is 0. The number of aliphatic hydroxyl groups excluding tert-OH is 1. The molecule has 0 bridgehead atoms. The van der Waals surface area contributed by atoms with E-state index in [4.69, 9.17) is 4.74 Å². The quantitative estimate of drug-likeness (QED) is 0.627. The lowest BCUT2D eigenvalue weighted by atomic mass is 9.80. The number of aliphatic hydroxyl groups is 1. The van der Waals surface area contributed by atoms with Gasteiger partial charge in [0, 0.05) is 12.0 Å². The summed E-state index contributed by atoms with van der Waals surface area (Å²) in [5.41, 5.74) is 0.437. The minimum Gasteiger partial charge on any atom is -0.420 e. The van der Waals surface area contributed by atoms with E-state index in [9.17, 15) is 14.7 Å². The van der Waals surface area contributed by atoms with E-state index >= 15 is 0 Å². The molecule has 0 fully saturated rings. The third-order valence-corrected chi connectivity index (χ3v) is 3.79. The van der Waals surface area contributed by atoms with E-state index in [0.717, 1.165) is 6.42 Å².